The average molecular weight is 440 g/mol. The number of aryl methyl sites for hydroxylation is 1. The Labute approximate surface area is 175 Å². The number of unbranched alkanes of at least 4 members (excludes halogenated alkanes) is 2. The van der Waals surface area contributed by atoms with E-state index in [0.717, 1.165) is 0 Å². The molecule has 0 spiro atoms. The molecular formula is C21H23F3N2O5. The van der Waals surface area contributed by atoms with Crippen molar-refractivity contribution in [3.63, 3.8) is 0 Å². The Hall–Kier alpha value is -3.17. The second kappa shape index (κ2) is 9.32. The van der Waals surface area contributed by atoms with Gasteiger partial charge in [-0.3, -0.25) is 4.57 Å². The van der Waals surface area contributed by atoms with Gasteiger partial charge in [0.25, 0.3) is 0 Å². The van der Waals surface area contributed by atoms with E-state index < -0.39 is 17.4 Å². The zero-order valence-corrected chi connectivity index (χ0v) is 16.9. The molecular weight excluding hydrogens is 417 g/mol. The van der Waals surface area contributed by atoms with Crippen molar-refractivity contribution in [2.75, 3.05) is 6.61 Å². The summed E-state index contributed by atoms with van der Waals surface area (Å²) in [5.74, 6) is 0.262. The zero-order valence-electron chi connectivity index (χ0n) is 16.9. The number of rotatable bonds is 9. The molecule has 0 aliphatic heterocycles. The fraction of sp³-hybridized carbons (Fsp3) is 0.429. The van der Waals surface area contributed by atoms with E-state index >= 15 is 0 Å². The molecule has 0 amide bonds. The third kappa shape index (κ3) is 5.12. The predicted molar refractivity (Wildman–Crippen MR) is 108 cm³/mol. The number of ether oxygens (including phenoxy) is 1. The molecule has 0 atom stereocenters. The molecule has 3 aromatic rings. The number of hydrogen-bond donors (Lipinski definition) is 2. The van der Waals surface area contributed by atoms with Gasteiger partial charge in [-0.25, -0.2) is 9.59 Å². The molecule has 10 heteroatoms. The summed E-state index contributed by atoms with van der Waals surface area (Å²) in [7, 11) is 0. The van der Waals surface area contributed by atoms with Gasteiger partial charge in [-0.05, 0) is 37.8 Å². The number of nitrogens with zero attached hydrogens (tertiary/aromatic N) is 1. The normalized spacial score (nSPS) is 11.9. The fourth-order valence-corrected chi connectivity index (χ4v) is 3.45. The van der Waals surface area contributed by atoms with Crippen molar-refractivity contribution in [1.82, 2.24) is 9.55 Å². The van der Waals surface area contributed by atoms with Gasteiger partial charge in [-0.15, -0.1) is 0 Å². The van der Waals surface area contributed by atoms with E-state index in [1.165, 1.54) is 22.9 Å². The van der Waals surface area contributed by atoms with Gasteiger partial charge in [-0.2, -0.15) is 13.2 Å². The smallest absolute Gasteiger partial charge is 0.417 e. The number of imidazole rings is 1. The first-order valence-corrected chi connectivity index (χ1v) is 9.99. The quantitative estimate of drug-likeness (QED) is 0.384. The third-order valence-electron chi connectivity index (χ3n) is 4.91. The molecule has 0 aliphatic carbocycles. The molecule has 2 N–H and O–H groups in total. The Morgan fingerprint density at radius 3 is 2.61 bits per heavy atom. The maximum absolute atomic E-state index is 13.3. The van der Waals surface area contributed by atoms with Crippen molar-refractivity contribution < 1.29 is 27.4 Å². The molecule has 0 radical (unpaired) electrons. The maximum Gasteiger partial charge on any atom is 0.417 e. The fourth-order valence-electron chi connectivity index (χ4n) is 3.45. The number of H-pyrrole nitrogens is 1. The van der Waals surface area contributed by atoms with E-state index in [0.29, 0.717) is 62.6 Å². The first-order chi connectivity index (χ1) is 14.7. The van der Waals surface area contributed by atoms with Gasteiger partial charge in [-0.1, -0.05) is 13.3 Å². The standard InChI is InChI=1S/C21H23F3N2O5/c1-2-6-14-16(30-10-5-3-4-9-26-17(27)12-25-20(26)29)8-7-13-15(21(22,23)24)11-18(28)31-19(13)14/h7-8,11-12,27H,2-6,9-10H2,1H3,(H,25,29). The number of alkyl halides is 3. The number of fused-ring (bicyclic) bond motifs is 1. The lowest BCUT2D eigenvalue weighted by atomic mass is 10.0. The summed E-state index contributed by atoms with van der Waals surface area (Å²) in [5.41, 5.74) is -2.12. The lowest BCUT2D eigenvalue weighted by Gasteiger charge is -2.15. The Bertz CT molecular complexity index is 1160. The molecule has 0 fully saturated rings. The van der Waals surface area contributed by atoms with Crippen LogP contribution in [0.15, 0.2) is 38.4 Å². The molecule has 2 heterocycles. The van der Waals surface area contributed by atoms with Crippen molar-refractivity contribution in [3.8, 4) is 11.6 Å². The highest BCUT2D eigenvalue weighted by Gasteiger charge is 2.34. The zero-order chi connectivity index (χ0) is 22.6. The van der Waals surface area contributed by atoms with Crippen LogP contribution in [0.2, 0.25) is 0 Å². The van der Waals surface area contributed by atoms with Crippen LogP contribution >= 0.6 is 0 Å². The van der Waals surface area contributed by atoms with Crippen molar-refractivity contribution in [1.29, 1.82) is 0 Å². The minimum absolute atomic E-state index is 0.0958. The number of aromatic amines is 1. The first-order valence-electron chi connectivity index (χ1n) is 9.99. The molecule has 2 aromatic heterocycles. The van der Waals surface area contributed by atoms with E-state index in [4.69, 9.17) is 9.15 Å². The molecule has 0 aliphatic rings. The SMILES string of the molecule is CCCc1c(OCCCCCn2c(O)c[nH]c2=O)ccc2c(C(F)(F)F)cc(=O)oc12. The van der Waals surface area contributed by atoms with Crippen LogP contribution < -0.4 is 16.1 Å². The van der Waals surface area contributed by atoms with Crippen LogP contribution in [-0.4, -0.2) is 21.3 Å². The summed E-state index contributed by atoms with van der Waals surface area (Å²) in [5, 5.41) is 9.38. The van der Waals surface area contributed by atoms with Crippen LogP contribution in [0, 0.1) is 0 Å². The van der Waals surface area contributed by atoms with Gasteiger partial charge in [0.1, 0.15) is 11.3 Å². The monoisotopic (exact) mass is 440 g/mol. The van der Waals surface area contributed by atoms with E-state index in [1.807, 2.05) is 6.92 Å². The van der Waals surface area contributed by atoms with E-state index in [9.17, 15) is 27.9 Å². The number of halogens is 3. The lowest BCUT2D eigenvalue weighted by Crippen LogP contribution is -2.16. The predicted octanol–water partition coefficient (Wildman–Crippen LogP) is 4.21. The highest BCUT2D eigenvalue weighted by Crippen LogP contribution is 2.37. The Balaban J connectivity index is 1.71. The third-order valence-corrected chi connectivity index (χ3v) is 4.91. The molecule has 31 heavy (non-hydrogen) atoms. The molecule has 0 unspecified atom stereocenters. The molecule has 0 saturated heterocycles. The second-order valence-corrected chi connectivity index (χ2v) is 7.16. The molecule has 7 nitrogen and oxygen atoms in total. The van der Waals surface area contributed by atoms with Gasteiger partial charge < -0.3 is 19.2 Å². The van der Waals surface area contributed by atoms with Crippen LogP contribution in [0.3, 0.4) is 0 Å². The summed E-state index contributed by atoms with van der Waals surface area (Å²) in [4.78, 5) is 25.6. The topological polar surface area (TPSA) is 97.5 Å². The van der Waals surface area contributed by atoms with Crippen LogP contribution in [0.1, 0.15) is 43.7 Å². The molecule has 0 bridgehead atoms. The summed E-state index contributed by atoms with van der Waals surface area (Å²) in [6, 6.07) is 3.20. The minimum atomic E-state index is -4.67. The molecule has 1 aromatic carbocycles. The van der Waals surface area contributed by atoms with Gasteiger partial charge in [0, 0.05) is 23.6 Å². The average Bonchev–Trinajstić information content (AvgIpc) is 3.02. The highest BCUT2D eigenvalue weighted by atomic mass is 19.4. The van der Waals surface area contributed by atoms with Crippen molar-refractivity contribution in [2.24, 2.45) is 0 Å². The van der Waals surface area contributed by atoms with Gasteiger partial charge >= 0.3 is 17.5 Å². The second-order valence-electron chi connectivity index (χ2n) is 7.16. The van der Waals surface area contributed by atoms with Crippen LogP contribution in [0.5, 0.6) is 11.6 Å². The van der Waals surface area contributed by atoms with Gasteiger partial charge in [0.05, 0.1) is 18.4 Å². The Morgan fingerprint density at radius 1 is 1.19 bits per heavy atom. The minimum Gasteiger partial charge on any atom is -0.493 e. The summed E-state index contributed by atoms with van der Waals surface area (Å²) < 4.78 is 52.2. The summed E-state index contributed by atoms with van der Waals surface area (Å²) >= 11 is 0. The lowest BCUT2D eigenvalue weighted by molar-refractivity contribution is -0.136. The van der Waals surface area contributed by atoms with E-state index in [1.54, 1.807) is 0 Å². The summed E-state index contributed by atoms with van der Waals surface area (Å²) in [6.45, 7) is 2.53. The first kappa shape index (κ1) is 22.5. The Kier molecular flexibility index (Phi) is 6.77. The highest BCUT2D eigenvalue weighted by molar-refractivity contribution is 5.85. The number of aromatic hydroxyl groups is 1. The van der Waals surface area contributed by atoms with Crippen LogP contribution in [0.25, 0.3) is 11.0 Å². The number of aromatic nitrogens is 2. The van der Waals surface area contributed by atoms with Gasteiger partial charge in [0.2, 0.25) is 5.88 Å². The molecule has 3 rings (SSSR count). The van der Waals surface area contributed by atoms with Crippen molar-refractivity contribution >= 4 is 11.0 Å². The Morgan fingerprint density at radius 2 is 1.97 bits per heavy atom. The van der Waals surface area contributed by atoms with Crippen LogP contribution in [-0.2, 0) is 19.1 Å². The summed E-state index contributed by atoms with van der Waals surface area (Å²) in [6.07, 6.45) is -0.439. The van der Waals surface area contributed by atoms with Crippen molar-refractivity contribution in [2.45, 2.75) is 51.7 Å². The number of nitrogens with one attached hydrogen (secondary N) is 1. The maximum atomic E-state index is 13.3. The van der Waals surface area contributed by atoms with Crippen molar-refractivity contribution in [3.05, 3.63) is 56.4 Å². The van der Waals surface area contributed by atoms with Gasteiger partial charge in [0.15, 0.2) is 0 Å². The molecule has 168 valence electrons. The van der Waals surface area contributed by atoms with Crippen LogP contribution in [0.4, 0.5) is 13.2 Å². The molecule has 0 saturated carbocycles. The number of benzene rings is 1. The van der Waals surface area contributed by atoms with E-state index in [2.05, 4.69) is 4.98 Å². The van der Waals surface area contributed by atoms with E-state index in [-0.39, 0.29) is 22.5 Å². The largest absolute Gasteiger partial charge is 0.493 e. The number of hydrogen-bond acceptors (Lipinski definition) is 5.